The number of nitrogens with one attached hydrogen (secondary N) is 3. The van der Waals surface area contributed by atoms with Crippen molar-refractivity contribution in [2.75, 3.05) is 46.1 Å². The van der Waals surface area contributed by atoms with Crippen LogP contribution in [0.25, 0.3) is 0 Å². The molecule has 226 valence electrons. The SMILES string of the molecule is NCCC[C@H](NC(=O)COCCOCCNC(=O)CCC(=O)O)C(=O)NCCCCCCCCCCC(=O)O. The van der Waals surface area contributed by atoms with E-state index in [1.807, 2.05) is 0 Å². The van der Waals surface area contributed by atoms with Crippen LogP contribution < -0.4 is 21.7 Å². The summed E-state index contributed by atoms with van der Waals surface area (Å²) in [5.41, 5.74) is 5.56. The molecule has 0 bridgehead atoms. The average molecular weight is 561 g/mol. The van der Waals surface area contributed by atoms with Gasteiger partial charge in [-0.15, -0.1) is 0 Å². The molecule has 0 aliphatic rings. The molecule has 0 unspecified atom stereocenters. The van der Waals surface area contributed by atoms with Crippen molar-refractivity contribution >= 4 is 29.7 Å². The lowest BCUT2D eigenvalue weighted by atomic mass is 10.1. The second-order valence-electron chi connectivity index (χ2n) is 9.22. The Kier molecular flexibility index (Phi) is 23.7. The van der Waals surface area contributed by atoms with Gasteiger partial charge in [0.2, 0.25) is 17.7 Å². The van der Waals surface area contributed by atoms with Gasteiger partial charge >= 0.3 is 11.9 Å². The number of carboxylic acid groups (broad SMARTS) is 2. The van der Waals surface area contributed by atoms with Gasteiger partial charge in [0.25, 0.3) is 0 Å². The van der Waals surface area contributed by atoms with E-state index in [1.165, 1.54) is 0 Å². The Morgan fingerprint density at radius 1 is 0.641 bits per heavy atom. The summed E-state index contributed by atoms with van der Waals surface area (Å²) in [6.45, 7) is 1.54. The number of nitrogens with two attached hydrogens (primary N) is 1. The van der Waals surface area contributed by atoms with Crippen LogP contribution in [0.2, 0.25) is 0 Å². The highest BCUT2D eigenvalue weighted by atomic mass is 16.5. The van der Waals surface area contributed by atoms with Crippen molar-refractivity contribution in [3.63, 3.8) is 0 Å². The maximum Gasteiger partial charge on any atom is 0.303 e. The number of ether oxygens (including phenoxy) is 2. The summed E-state index contributed by atoms with van der Waals surface area (Å²) in [7, 11) is 0. The van der Waals surface area contributed by atoms with Crippen LogP contribution in [0.5, 0.6) is 0 Å². The molecule has 7 N–H and O–H groups in total. The monoisotopic (exact) mass is 560 g/mol. The quantitative estimate of drug-likeness (QED) is 0.0784. The number of hydrogen-bond acceptors (Lipinski definition) is 8. The number of carboxylic acids is 2. The predicted molar refractivity (Wildman–Crippen MR) is 144 cm³/mol. The maximum atomic E-state index is 12.5. The fraction of sp³-hybridized carbons (Fsp3) is 0.808. The van der Waals surface area contributed by atoms with E-state index in [0.29, 0.717) is 25.9 Å². The molecule has 0 aromatic rings. The minimum absolute atomic E-state index is 0.0855. The number of carbonyl (C=O) groups is 5. The second kappa shape index (κ2) is 25.5. The molecule has 0 aliphatic carbocycles. The Morgan fingerprint density at radius 3 is 1.90 bits per heavy atom. The van der Waals surface area contributed by atoms with E-state index in [1.54, 1.807) is 0 Å². The van der Waals surface area contributed by atoms with Crippen molar-refractivity contribution in [2.24, 2.45) is 5.73 Å². The number of unbranched alkanes of at least 4 members (excludes halogenated alkanes) is 7. The van der Waals surface area contributed by atoms with Gasteiger partial charge in [-0.2, -0.15) is 0 Å². The Balaban J connectivity index is 3.90. The third kappa shape index (κ3) is 25.3. The largest absolute Gasteiger partial charge is 0.481 e. The van der Waals surface area contributed by atoms with E-state index in [4.69, 9.17) is 25.4 Å². The average Bonchev–Trinajstić information content (AvgIpc) is 2.89. The minimum atomic E-state index is -1.03. The molecular weight excluding hydrogens is 512 g/mol. The molecular formula is C26H48N4O9. The highest BCUT2D eigenvalue weighted by molar-refractivity contribution is 5.88. The minimum Gasteiger partial charge on any atom is -0.481 e. The summed E-state index contributed by atoms with van der Waals surface area (Å²) >= 11 is 0. The van der Waals surface area contributed by atoms with Crippen LogP contribution >= 0.6 is 0 Å². The number of amides is 3. The molecule has 0 saturated heterocycles. The van der Waals surface area contributed by atoms with E-state index >= 15 is 0 Å². The first-order chi connectivity index (χ1) is 18.8. The number of carbonyl (C=O) groups excluding carboxylic acids is 3. The van der Waals surface area contributed by atoms with Gasteiger partial charge in [0, 0.05) is 25.9 Å². The first-order valence-corrected chi connectivity index (χ1v) is 13.9. The molecule has 1 atom stereocenters. The maximum absolute atomic E-state index is 12.5. The molecule has 0 saturated carbocycles. The lowest BCUT2D eigenvalue weighted by Crippen LogP contribution is -2.48. The predicted octanol–water partition coefficient (Wildman–Crippen LogP) is 0.936. The zero-order valence-corrected chi connectivity index (χ0v) is 23.0. The molecule has 13 nitrogen and oxygen atoms in total. The van der Waals surface area contributed by atoms with Crippen LogP contribution in [-0.4, -0.2) is 92.0 Å². The Bertz CT molecular complexity index is 707. The van der Waals surface area contributed by atoms with Gasteiger partial charge in [0.15, 0.2) is 0 Å². The van der Waals surface area contributed by atoms with E-state index in [-0.39, 0.29) is 64.0 Å². The zero-order valence-electron chi connectivity index (χ0n) is 23.0. The summed E-state index contributed by atoms with van der Waals surface area (Å²) in [4.78, 5) is 57.0. The first kappa shape index (κ1) is 36.2. The first-order valence-electron chi connectivity index (χ1n) is 13.9. The number of rotatable bonds is 27. The highest BCUT2D eigenvalue weighted by Gasteiger charge is 2.19. The van der Waals surface area contributed by atoms with Gasteiger partial charge in [-0.1, -0.05) is 38.5 Å². The van der Waals surface area contributed by atoms with Gasteiger partial charge < -0.3 is 41.4 Å². The molecule has 0 aliphatic heterocycles. The van der Waals surface area contributed by atoms with Crippen LogP contribution in [0.4, 0.5) is 0 Å². The molecule has 13 heteroatoms. The van der Waals surface area contributed by atoms with Crippen molar-refractivity contribution in [3.8, 4) is 0 Å². The fourth-order valence-electron chi connectivity index (χ4n) is 3.58. The summed E-state index contributed by atoms with van der Waals surface area (Å²) in [5, 5.41) is 25.2. The van der Waals surface area contributed by atoms with Crippen molar-refractivity contribution in [2.45, 2.75) is 89.5 Å². The molecule has 0 spiro atoms. The van der Waals surface area contributed by atoms with Crippen molar-refractivity contribution in [1.82, 2.24) is 16.0 Å². The molecule has 39 heavy (non-hydrogen) atoms. The Labute approximate surface area is 230 Å². The molecule has 0 aromatic heterocycles. The number of aliphatic carboxylic acids is 2. The van der Waals surface area contributed by atoms with Crippen LogP contribution in [-0.2, 0) is 33.4 Å². The second-order valence-corrected chi connectivity index (χ2v) is 9.22. The van der Waals surface area contributed by atoms with Gasteiger partial charge in [-0.05, 0) is 32.2 Å². The molecule has 0 rings (SSSR count). The van der Waals surface area contributed by atoms with E-state index in [2.05, 4.69) is 16.0 Å². The molecule has 0 aromatic carbocycles. The molecule has 0 radical (unpaired) electrons. The molecule has 3 amide bonds. The standard InChI is InChI=1S/C26H48N4O9/c27-14-9-10-21(26(37)29-15-8-6-4-2-1-3-5-7-11-24(33)34)30-23(32)20-39-19-18-38-17-16-28-22(31)12-13-25(35)36/h21H,1-20,27H2,(H,28,31)(H,29,37)(H,30,32)(H,33,34)(H,35,36)/t21-/m0/s1. The van der Waals surface area contributed by atoms with Crippen molar-refractivity contribution < 1.29 is 43.7 Å². The summed E-state index contributed by atoms with van der Waals surface area (Å²) in [6, 6.07) is -0.684. The summed E-state index contributed by atoms with van der Waals surface area (Å²) in [6.07, 6.45) is 8.72. The Morgan fingerprint density at radius 2 is 1.26 bits per heavy atom. The lowest BCUT2D eigenvalue weighted by molar-refractivity contribution is -0.139. The van der Waals surface area contributed by atoms with E-state index < -0.39 is 23.9 Å². The normalized spacial score (nSPS) is 11.5. The van der Waals surface area contributed by atoms with Crippen molar-refractivity contribution in [3.05, 3.63) is 0 Å². The third-order valence-corrected chi connectivity index (χ3v) is 5.70. The lowest BCUT2D eigenvalue weighted by Gasteiger charge is -2.18. The number of hydrogen-bond donors (Lipinski definition) is 6. The molecule has 0 heterocycles. The summed E-state index contributed by atoms with van der Waals surface area (Å²) < 4.78 is 10.6. The van der Waals surface area contributed by atoms with Gasteiger partial charge in [-0.25, -0.2) is 0 Å². The topological polar surface area (TPSA) is 206 Å². The summed E-state index contributed by atoms with van der Waals surface area (Å²) in [5.74, 6) is -2.80. The van der Waals surface area contributed by atoms with Crippen molar-refractivity contribution in [1.29, 1.82) is 0 Å². The van der Waals surface area contributed by atoms with Gasteiger partial charge in [-0.3, -0.25) is 24.0 Å². The Hall–Kier alpha value is -2.77. The van der Waals surface area contributed by atoms with Crippen LogP contribution in [0.3, 0.4) is 0 Å². The molecule has 0 fully saturated rings. The van der Waals surface area contributed by atoms with E-state index in [9.17, 15) is 24.0 Å². The smallest absolute Gasteiger partial charge is 0.303 e. The third-order valence-electron chi connectivity index (χ3n) is 5.70. The van der Waals surface area contributed by atoms with Crippen LogP contribution in [0.15, 0.2) is 0 Å². The van der Waals surface area contributed by atoms with Crippen LogP contribution in [0, 0.1) is 0 Å². The fourth-order valence-corrected chi connectivity index (χ4v) is 3.58. The van der Waals surface area contributed by atoms with Gasteiger partial charge in [0.05, 0.1) is 26.2 Å². The van der Waals surface area contributed by atoms with Crippen LogP contribution in [0.1, 0.15) is 83.5 Å². The zero-order chi connectivity index (χ0) is 29.1. The van der Waals surface area contributed by atoms with E-state index in [0.717, 1.165) is 51.4 Å². The highest BCUT2D eigenvalue weighted by Crippen LogP contribution is 2.09. The van der Waals surface area contributed by atoms with Gasteiger partial charge in [0.1, 0.15) is 12.6 Å².